The number of fused-ring (bicyclic) bond motifs is 1. The van der Waals surface area contributed by atoms with E-state index in [4.69, 9.17) is 9.47 Å². The summed E-state index contributed by atoms with van der Waals surface area (Å²) in [6, 6.07) is 6.65. The van der Waals surface area contributed by atoms with E-state index in [9.17, 15) is 14.4 Å². The second kappa shape index (κ2) is 9.54. The molecule has 0 spiro atoms. The van der Waals surface area contributed by atoms with Gasteiger partial charge in [-0.1, -0.05) is 41.5 Å². The van der Waals surface area contributed by atoms with Crippen molar-refractivity contribution < 1.29 is 23.9 Å². The summed E-state index contributed by atoms with van der Waals surface area (Å²) in [7, 11) is 0. The largest absolute Gasteiger partial charge is 0.461 e. The quantitative estimate of drug-likeness (QED) is 0.602. The first-order valence-electron chi connectivity index (χ1n) is 10.5. The van der Waals surface area contributed by atoms with Gasteiger partial charge in [0.25, 0.3) is 0 Å². The van der Waals surface area contributed by atoms with Crippen molar-refractivity contribution in [2.75, 3.05) is 18.5 Å². The van der Waals surface area contributed by atoms with Crippen molar-refractivity contribution in [1.82, 2.24) is 4.57 Å². The predicted octanol–water partition coefficient (Wildman–Crippen LogP) is 5.61. The van der Waals surface area contributed by atoms with Crippen molar-refractivity contribution in [3.63, 3.8) is 0 Å². The van der Waals surface area contributed by atoms with Gasteiger partial charge < -0.3 is 14.8 Å². The highest BCUT2D eigenvalue weighted by molar-refractivity contribution is 6.03. The highest BCUT2D eigenvalue weighted by atomic mass is 16.6. The Balaban J connectivity index is 2.35. The van der Waals surface area contributed by atoms with Crippen LogP contribution in [0.15, 0.2) is 24.3 Å². The molecule has 1 N–H and O–H groups in total. The van der Waals surface area contributed by atoms with Crippen LogP contribution in [0.4, 0.5) is 10.5 Å². The number of nitrogens with one attached hydrogen (secondary N) is 1. The lowest BCUT2D eigenvalue weighted by Crippen LogP contribution is -2.22. The van der Waals surface area contributed by atoms with Gasteiger partial charge in [0.15, 0.2) is 0 Å². The zero-order valence-corrected chi connectivity index (χ0v) is 19.6. The number of hydrogen-bond donors (Lipinski definition) is 1. The molecule has 0 bridgehead atoms. The standard InChI is InChI=1S/C24H34N2O5/c1-16(27)25-18-8-9-19-17(14-18)15-20(21(28)30-12-10-23(2,3)4)26(19)22(29)31-13-11-24(5,6)7/h8-9,14-15H,10-13H2,1-7H3,(H,25,27). The average molecular weight is 431 g/mol. The highest BCUT2D eigenvalue weighted by Gasteiger charge is 2.24. The molecule has 1 amide bonds. The Kier molecular flexibility index (Phi) is 7.52. The van der Waals surface area contributed by atoms with Gasteiger partial charge in [0.2, 0.25) is 5.91 Å². The number of carbonyl (C=O) groups is 3. The minimum atomic E-state index is -0.630. The number of carbonyl (C=O) groups excluding carboxylic acids is 3. The Labute approximate surface area is 184 Å². The summed E-state index contributed by atoms with van der Waals surface area (Å²) in [4.78, 5) is 37.1. The fourth-order valence-corrected chi connectivity index (χ4v) is 2.88. The molecule has 0 aliphatic carbocycles. The lowest BCUT2D eigenvalue weighted by atomic mass is 9.93. The lowest BCUT2D eigenvalue weighted by Gasteiger charge is -2.18. The van der Waals surface area contributed by atoms with Gasteiger partial charge in [0, 0.05) is 18.0 Å². The maximum absolute atomic E-state index is 12.9. The van der Waals surface area contributed by atoms with E-state index in [1.807, 2.05) is 0 Å². The summed E-state index contributed by atoms with van der Waals surface area (Å²) in [6.07, 6.45) is 0.756. The molecule has 1 heterocycles. The summed E-state index contributed by atoms with van der Waals surface area (Å²) in [6.45, 7) is 14.3. The van der Waals surface area contributed by atoms with Gasteiger partial charge >= 0.3 is 12.1 Å². The van der Waals surface area contributed by atoms with Gasteiger partial charge in [-0.25, -0.2) is 14.2 Å². The Hall–Kier alpha value is -2.83. The Morgan fingerprint density at radius 2 is 1.48 bits per heavy atom. The minimum Gasteiger partial charge on any atom is -0.461 e. The molecule has 2 aromatic rings. The van der Waals surface area contributed by atoms with E-state index >= 15 is 0 Å². The van der Waals surface area contributed by atoms with Gasteiger partial charge in [0.05, 0.1) is 18.7 Å². The number of rotatable bonds is 6. The maximum atomic E-state index is 12.9. The third-order valence-electron chi connectivity index (χ3n) is 4.68. The number of anilines is 1. The normalized spacial score (nSPS) is 12.0. The molecule has 1 aromatic carbocycles. The number of benzene rings is 1. The second-order valence-electron chi connectivity index (χ2n) is 10.2. The molecular weight excluding hydrogens is 396 g/mol. The molecule has 7 heteroatoms. The fraction of sp³-hybridized carbons (Fsp3) is 0.542. The predicted molar refractivity (Wildman–Crippen MR) is 121 cm³/mol. The molecule has 7 nitrogen and oxygen atoms in total. The first-order valence-corrected chi connectivity index (χ1v) is 10.5. The molecule has 0 unspecified atom stereocenters. The maximum Gasteiger partial charge on any atom is 0.419 e. The topological polar surface area (TPSA) is 86.6 Å². The molecule has 170 valence electrons. The number of esters is 1. The first kappa shape index (κ1) is 24.4. The fourth-order valence-electron chi connectivity index (χ4n) is 2.88. The van der Waals surface area contributed by atoms with Gasteiger partial charge in [-0.2, -0.15) is 0 Å². The van der Waals surface area contributed by atoms with Crippen molar-refractivity contribution in [1.29, 1.82) is 0 Å². The van der Waals surface area contributed by atoms with Crippen LogP contribution in [-0.2, 0) is 14.3 Å². The van der Waals surface area contributed by atoms with Crippen LogP contribution in [0, 0.1) is 10.8 Å². The van der Waals surface area contributed by atoms with Crippen molar-refractivity contribution in [3.8, 4) is 0 Å². The molecule has 0 radical (unpaired) electrons. The summed E-state index contributed by atoms with van der Waals surface area (Å²) >= 11 is 0. The third kappa shape index (κ3) is 7.42. The number of ether oxygens (including phenoxy) is 2. The number of hydrogen-bond acceptors (Lipinski definition) is 5. The average Bonchev–Trinajstić information content (AvgIpc) is 2.97. The monoisotopic (exact) mass is 430 g/mol. The van der Waals surface area contributed by atoms with Crippen LogP contribution in [0.5, 0.6) is 0 Å². The summed E-state index contributed by atoms with van der Waals surface area (Å²) in [5.41, 5.74) is 1.22. The van der Waals surface area contributed by atoms with Gasteiger partial charge in [-0.05, 0) is 47.9 Å². The molecular formula is C24H34N2O5. The molecule has 0 saturated heterocycles. The molecule has 0 atom stereocenters. The second-order valence-corrected chi connectivity index (χ2v) is 10.2. The van der Waals surface area contributed by atoms with Crippen molar-refractivity contribution in [3.05, 3.63) is 30.0 Å². The van der Waals surface area contributed by atoms with Crippen LogP contribution in [0.1, 0.15) is 71.8 Å². The smallest absolute Gasteiger partial charge is 0.419 e. The Bertz CT molecular complexity index is 961. The number of aromatic nitrogens is 1. The van der Waals surface area contributed by atoms with Crippen LogP contribution in [0.25, 0.3) is 10.9 Å². The number of amides is 1. The molecule has 1 aromatic heterocycles. The molecule has 0 aliphatic heterocycles. The van der Waals surface area contributed by atoms with Gasteiger partial charge in [-0.3, -0.25) is 4.79 Å². The van der Waals surface area contributed by atoms with Gasteiger partial charge in [0.1, 0.15) is 5.69 Å². The van der Waals surface area contributed by atoms with E-state index in [2.05, 4.69) is 46.9 Å². The van der Waals surface area contributed by atoms with Crippen LogP contribution < -0.4 is 5.32 Å². The highest BCUT2D eigenvalue weighted by Crippen LogP contribution is 2.26. The van der Waals surface area contributed by atoms with E-state index in [-0.39, 0.29) is 35.6 Å². The van der Waals surface area contributed by atoms with E-state index < -0.39 is 12.1 Å². The summed E-state index contributed by atoms with van der Waals surface area (Å²) in [5, 5.41) is 3.33. The lowest BCUT2D eigenvalue weighted by molar-refractivity contribution is -0.114. The van der Waals surface area contributed by atoms with Crippen molar-refractivity contribution in [2.24, 2.45) is 10.8 Å². The molecule has 0 fully saturated rings. The van der Waals surface area contributed by atoms with E-state index in [0.717, 1.165) is 0 Å². The Morgan fingerprint density at radius 3 is 2.03 bits per heavy atom. The van der Waals surface area contributed by atoms with Crippen molar-refractivity contribution in [2.45, 2.75) is 61.3 Å². The SMILES string of the molecule is CC(=O)Nc1ccc2c(c1)cc(C(=O)OCCC(C)(C)C)n2C(=O)OCCC(C)(C)C. The van der Waals surface area contributed by atoms with E-state index in [0.29, 0.717) is 29.4 Å². The first-order chi connectivity index (χ1) is 14.3. The molecule has 0 saturated carbocycles. The van der Waals surface area contributed by atoms with E-state index in [1.54, 1.807) is 24.3 Å². The van der Waals surface area contributed by atoms with Crippen molar-refractivity contribution >= 4 is 34.6 Å². The summed E-state index contributed by atoms with van der Waals surface area (Å²) < 4.78 is 12.1. The summed E-state index contributed by atoms with van der Waals surface area (Å²) in [5.74, 6) is -0.795. The number of nitrogens with zero attached hydrogens (tertiary/aromatic N) is 1. The molecule has 2 rings (SSSR count). The van der Waals surface area contributed by atoms with E-state index in [1.165, 1.54) is 11.5 Å². The zero-order valence-electron chi connectivity index (χ0n) is 19.6. The van der Waals surface area contributed by atoms with Crippen LogP contribution in [-0.4, -0.2) is 35.8 Å². The molecule has 31 heavy (non-hydrogen) atoms. The van der Waals surface area contributed by atoms with Crippen LogP contribution in [0.2, 0.25) is 0 Å². The zero-order chi connectivity index (χ0) is 23.4. The van der Waals surface area contributed by atoms with Crippen LogP contribution >= 0.6 is 0 Å². The Morgan fingerprint density at radius 1 is 0.903 bits per heavy atom. The van der Waals surface area contributed by atoms with Gasteiger partial charge in [-0.15, -0.1) is 0 Å². The van der Waals surface area contributed by atoms with Crippen LogP contribution in [0.3, 0.4) is 0 Å². The minimum absolute atomic E-state index is 0.0149. The third-order valence-corrected chi connectivity index (χ3v) is 4.68. The molecule has 0 aliphatic rings.